The van der Waals surface area contributed by atoms with Crippen molar-refractivity contribution < 1.29 is 19.1 Å². The molecular weight excluding hydrogens is 406 g/mol. The number of carbonyl (C=O) groups excluding carboxylic acids is 2. The maximum absolute atomic E-state index is 12.8. The van der Waals surface area contributed by atoms with Crippen LogP contribution in [0.2, 0.25) is 0 Å². The van der Waals surface area contributed by atoms with Gasteiger partial charge in [-0.1, -0.05) is 6.92 Å². The monoisotopic (exact) mass is 447 g/mol. The number of esters is 2. The van der Waals surface area contributed by atoms with Crippen LogP contribution in [0.5, 0.6) is 0 Å². The molecule has 2 aliphatic rings. The topological polar surface area (TPSA) is 73.7 Å². The van der Waals surface area contributed by atoms with Gasteiger partial charge in [-0.2, -0.15) is 0 Å². The standard InChI is InChI=1S/C25H41N3O4/c1-6-31-24(30)22(27-12-11-19(15-27)13-23(29)32-25(3,4)5)14-20-16-28(17-26-20)21-9-7-18(2)8-10-21/h16-19,21-22H,6-15H2,1-5H3/t18?,19-,21?,22?/m1/s1. The van der Waals surface area contributed by atoms with Gasteiger partial charge < -0.3 is 14.0 Å². The lowest BCUT2D eigenvalue weighted by atomic mass is 9.87. The molecule has 7 nitrogen and oxygen atoms in total. The van der Waals surface area contributed by atoms with E-state index in [1.165, 1.54) is 25.7 Å². The Morgan fingerprint density at radius 2 is 1.91 bits per heavy atom. The molecule has 0 amide bonds. The lowest BCUT2D eigenvalue weighted by Crippen LogP contribution is -2.42. The Bertz CT molecular complexity index is 761. The van der Waals surface area contributed by atoms with E-state index >= 15 is 0 Å². The van der Waals surface area contributed by atoms with Crippen molar-refractivity contribution in [3.63, 3.8) is 0 Å². The molecular formula is C25H41N3O4. The van der Waals surface area contributed by atoms with Crippen LogP contribution in [0.15, 0.2) is 12.5 Å². The number of aromatic nitrogens is 2. The van der Waals surface area contributed by atoms with Gasteiger partial charge in [-0.25, -0.2) is 4.98 Å². The fourth-order valence-electron chi connectivity index (χ4n) is 4.95. The lowest BCUT2D eigenvalue weighted by Gasteiger charge is -2.27. The van der Waals surface area contributed by atoms with Crippen LogP contribution in [0.1, 0.15) is 84.9 Å². The Labute approximate surface area is 192 Å². The van der Waals surface area contributed by atoms with Gasteiger partial charge in [0.2, 0.25) is 0 Å². The van der Waals surface area contributed by atoms with E-state index in [1.54, 1.807) is 0 Å². The third-order valence-electron chi connectivity index (χ3n) is 6.66. The predicted molar refractivity (Wildman–Crippen MR) is 123 cm³/mol. The van der Waals surface area contributed by atoms with Crippen molar-refractivity contribution in [3.8, 4) is 0 Å². The third-order valence-corrected chi connectivity index (χ3v) is 6.66. The first kappa shape index (κ1) is 24.7. The molecule has 1 aromatic rings. The van der Waals surface area contributed by atoms with Crippen molar-refractivity contribution in [1.29, 1.82) is 0 Å². The van der Waals surface area contributed by atoms with Gasteiger partial charge in [0.25, 0.3) is 0 Å². The highest BCUT2D eigenvalue weighted by atomic mass is 16.6. The van der Waals surface area contributed by atoms with Crippen LogP contribution in [-0.4, -0.2) is 57.7 Å². The minimum absolute atomic E-state index is 0.169. The minimum atomic E-state index is -0.474. The van der Waals surface area contributed by atoms with E-state index in [1.807, 2.05) is 34.0 Å². The van der Waals surface area contributed by atoms with Gasteiger partial charge in [-0.15, -0.1) is 0 Å². The number of likely N-dealkylation sites (tertiary alicyclic amines) is 1. The molecule has 3 rings (SSSR count). The Morgan fingerprint density at radius 3 is 2.56 bits per heavy atom. The van der Waals surface area contributed by atoms with Crippen molar-refractivity contribution in [2.24, 2.45) is 11.8 Å². The van der Waals surface area contributed by atoms with Crippen LogP contribution in [0.4, 0.5) is 0 Å². The largest absolute Gasteiger partial charge is 0.465 e. The summed E-state index contributed by atoms with van der Waals surface area (Å²) >= 11 is 0. The fourth-order valence-corrected chi connectivity index (χ4v) is 4.95. The van der Waals surface area contributed by atoms with Crippen LogP contribution in [0.3, 0.4) is 0 Å². The van der Waals surface area contributed by atoms with Gasteiger partial charge in [-0.05, 0) is 78.2 Å². The summed E-state index contributed by atoms with van der Waals surface area (Å²) in [6.45, 7) is 11.6. The third kappa shape index (κ3) is 7.06. The van der Waals surface area contributed by atoms with Crippen molar-refractivity contribution in [2.45, 2.75) is 97.2 Å². The molecule has 1 saturated carbocycles. The average molecular weight is 448 g/mol. The van der Waals surface area contributed by atoms with Crippen LogP contribution < -0.4 is 0 Å². The van der Waals surface area contributed by atoms with Crippen molar-refractivity contribution >= 4 is 11.9 Å². The zero-order valence-corrected chi connectivity index (χ0v) is 20.5. The molecule has 0 bridgehead atoms. The summed E-state index contributed by atoms with van der Waals surface area (Å²) < 4.78 is 13.1. The second-order valence-electron chi connectivity index (χ2n) is 10.6. The van der Waals surface area contributed by atoms with Gasteiger partial charge in [0.15, 0.2) is 0 Å². The molecule has 32 heavy (non-hydrogen) atoms. The smallest absolute Gasteiger partial charge is 0.323 e. The number of imidazole rings is 1. The molecule has 0 N–H and O–H groups in total. The summed E-state index contributed by atoms with van der Waals surface area (Å²) in [4.78, 5) is 31.8. The first-order valence-electron chi connectivity index (χ1n) is 12.3. The van der Waals surface area contributed by atoms with E-state index in [4.69, 9.17) is 9.47 Å². The van der Waals surface area contributed by atoms with E-state index in [0.29, 0.717) is 32.0 Å². The summed E-state index contributed by atoms with van der Waals surface area (Å²) in [6, 6.07) is 0.145. The Morgan fingerprint density at radius 1 is 1.19 bits per heavy atom. The molecule has 2 heterocycles. The van der Waals surface area contributed by atoms with Crippen molar-refractivity contribution in [2.75, 3.05) is 19.7 Å². The average Bonchev–Trinajstić information content (AvgIpc) is 3.35. The maximum atomic E-state index is 12.8. The van der Waals surface area contributed by atoms with E-state index in [-0.39, 0.29) is 23.9 Å². The summed E-state index contributed by atoms with van der Waals surface area (Å²) in [5.41, 5.74) is 0.454. The van der Waals surface area contributed by atoms with Crippen molar-refractivity contribution in [1.82, 2.24) is 14.5 Å². The molecule has 1 aliphatic heterocycles. The van der Waals surface area contributed by atoms with Gasteiger partial charge >= 0.3 is 11.9 Å². The molecule has 2 atom stereocenters. The molecule has 2 fully saturated rings. The predicted octanol–water partition coefficient (Wildman–Crippen LogP) is 4.16. The summed E-state index contributed by atoms with van der Waals surface area (Å²) in [7, 11) is 0. The summed E-state index contributed by atoms with van der Waals surface area (Å²) in [5, 5.41) is 0. The Hall–Kier alpha value is -1.89. The van der Waals surface area contributed by atoms with E-state index in [9.17, 15) is 9.59 Å². The highest BCUT2D eigenvalue weighted by Crippen LogP contribution is 2.32. The van der Waals surface area contributed by atoms with Crippen LogP contribution >= 0.6 is 0 Å². The molecule has 1 saturated heterocycles. The van der Waals surface area contributed by atoms with E-state index in [0.717, 1.165) is 24.6 Å². The van der Waals surface area contributed by atoms with Crippen LogP contribution in [-0.2, 0) is 25.5 Å². The second-order valence-corrected chi connectivity index (χ2v) is 10.6. The van der Waals surface area contributed by atoms with E-state index in [2.05, 4.69) is 27.6 Å². The highest BCUT2D eigenvalue weighted by molar-refractivity contribution is 5.76. The molecule has 0 spiro atoms. The molecule has 0 aromatic carbocycles. The zero-order chi connectivity index (χ0) is 23.3. The molecule has 1 aliphatic carbocycles. The number of carbonyl (C=O) groups is 2. The number of hydrogen-bond acceptors (Lipinski definition) is 6. The zero-order valence-electron chi connectivity index (χ0n) is 20.5. The lowest BCUT2D eigenvalue weighted by molar-refractivity contribution is -0.155. The minimum Gasteiger partial charge on any atom is -0.465 e. The van der Waals surface area contributed by atoms with Crippen LogP contribution in [0, 0.1) is 11.8 Å². The SMILES string of the molecule is CCOC(=O)C(Cc1cn(C2CCC(C)CC2)cn1)N1CC[C@H](CC(=O)OC(C)(C)C)C1. The second kappa shape index (κ2) is 10.8. The number of ether oxygens (including phenoxy) is 2. The van der Waals surface area contributed by atoms with Gasteiger partial charge in [-0.3, -0.25) is 14.5 Å². The number of nitrogens with zero attached hydrogens (tertiary/aromatic N) is 3. The number of rotatable bonds is 8. The number of hydrogen-bond donors (Lipinski definition) is 0. The van der Waals surface area contributed by atoms with Crippen molar-refractivity contribution in [3.05, 3.63) is 18.2 Å². The van der Waals surface area contributed by atoms with Gasteiger partial charge in [0.1, 0.15) is 11.6 Å². The summed E-state index contributed by atoms with van der Waals surface area (Å²) in [6.07, 6.45) is 10.7. The molecule has 0 radical (unpaired) electrons. The summed E-state index contributed by atoms with van der Waals surface area (Å²) in [5.74, 6) is 0.638. The van der Waals surface area contributed by atoms with E-state index < -0.39 is 5.60 Å². The first-order valence-corrected chi connectivity index (χ1v) is 12.3. The Balaban J connectivity index is 1.61. The quantitative estimate of drug-likeness (QED) is 0.557. The Kier molecular flexibility index (Phi) is 8.37. The molecule has 1 aromatic heterocycles. The fraction of sp³-hybridized carbons (Fsp3) is 0.800. The molecule has 7 heteroatoms. The van der Waals surface area contributed by atoms with Gasteiger partial charge in [0, 0.05) is 31.6 Å². The maximum Gasteiger partial charge on any atom is 0.323 e. The first-order chi connectivity index (χ1) is 15.1. The molecule has 180 valence electrons. The highest BCUT2D eigenvalue weighted by Gasteiger charge is 2.35. The van der Waals surface area contributed by atoms with Crippen LogP contribution in [0.25, 0.3) is 0 Å². The van der Waals surface area contributed by atoms with Gasteiger partial charge in [0.05, 0.1) is 18.6 Å². The molecule has 1 unspecified atom stereocenters. The normalized spacial score (nSPS) is 25.5.